The molecule has 15 heavy (non-hydrogen) atoms. The van der Waals surface area contributed by atoms with Gasteiger partial charge in [-0.25, -0.2) is 0 Å². The van der Waals surface area contributed by atoms with E-state index < -0.39 is 0 Å². The molecule has 1 heteroatoms. The molecule has 0 saturated carbocycles. The summed E-state index contributed by atoms with van der Waals surface area (Å²) in [5.74, 6) is 0. The molecule has 0 fully saturated rings. The molecule has 2 radical (unpaired) electrons. The van der Waals surface area contributed by atoms with Crippen molar-refractivity contribution >= 4 is 21.1 Å². The third-order valence-corrected chi connectivity index (χ3v) is 6.95. The Kier molecular flexibility index (Phi) is 15.6. The number of hydrogen-bond donors (Lipinski definition) is 0. The topological polar surface area (TPSA) is 0 Å². The van der Waals surface area contributed by atoms with Crippen molar-refractivity contribution in [2.45, 2.75) is 86.9 Å². The molecule has 0 saturated heterocycles. The van der Waals surface area contributed by atoms with Gasteiger partial charge in [-0.1, -0.05) is 0 Å². The van der Waals surface area contributed by atoms with Gasteiger partial charge in [-0.05, 0) is 0 Å². The summed E-state index contributed by atoms with van der Waals surface area (Å²) in [4.78, 5) is 0. The van der Waals surface area contributed by atoms with Crippen molar-refractivity contribution in [3.63, 3.8) is 0 Å². The Morgan fingerprint density at radius 2 is 0.933 bits per heavy atom. The molecule has 0 N–H and O–H groups in total. The van der Waals surface area contributed by atoms with Crippen molar-refractivity contribution in [3.05, 3.63) is 0 Å². The molecule has 0 heterocycles. The molecule has 0 aromatic heterocycles. The monoisotopic (exact) mass is 318 g/mol. The van der Waals surface area contributed by atoms with E-state index in [-0.39, 0.29) is 21.1 Å². The first kappa shape index (κ1) is 15.8. The molecule has 0 aromatic rings. The van der Waals surface area contributed by atoms with Crippen LogP contribution < -0.4 is 0 Å². The second-order valence-electron chi connectivity index (χ2n) is 4.58. The van der Waals surface area contributed by atoms with E-state index in [2.05, 4.69) is 13.8 Å². The summed E-state index contributed by atoms with van der Waals surface area (Å²) >= 11 is 0.0871. The molecule has 0 aliphatic heterocycles. The summed E-state index contributed by atoms with van der Waals surface area (Å²) in [6.45, 7) is 4.60. The van der Waals surface area contributed by atoms with Gasteiger partial charge in [-0.2, -0.15) is 0 Å². The normalized spacial score (nSPS) is 10.8. The van der Waals surface area contributed by atoms with Crippen LogP contribution in [0.15, 0.2) is 0 Å². The van der Waals surface area contributed by atoms with Gasteiger partial charge in [0.25, 0.3) is 0 Å². The van der Waals surface area contributed by atoms with Crippen molar-refractivity contribution in [1.29, 1.82) is 0 Å². The first-order chi connectivity index (χ1) is 7.41. The Hall–Kier alpha value is 0.799. The molecule has 0 aliphatic rings. The van der Waals surface area contributed by atoms with Gasteiger partial charge in [-0.15, -0.1) is 0 Å². The Bertz CT molecular complexity index is 89.5. The third-order valence-electron chi connectivity index (χ3n) is 2.91. The molecule has 0 bridgehead atoms. The second-order valence-corrected chi connectivity index (χ2v) is 8.86. The van der Waals surface area contributed by atoms with Crippen LogP contribution in [0, 0.1) is 0 Å². The molecule has 90 valence electrons. The Balaban J connectivity index is 2.81. The van der Waals surface area contributed by atoms with Crippen LogP contribution in [0.3, 0.4) is 0 Å². The Morgan fingerprint density at radius 3 is 1.33 bits per heavy atom. The van der Waals surface area contributed by atoms with Crippen LogP contribution in [0.4, 0.5) is 0 Å². The van der Waals surface area contributed by atoms with Gasteiger partial charge in [0.2, 0.25) is 0 Å². The van der Waals surface area contributed by atoms with E-state index in [0.717, 1.165) is 0 Å². The SMILES string of the molecule is CCCCCC[CH2][Sn][CH2]CCCCCC. The van der Waals surface area contributed by atoms with E-state index in [9.17, 15) is 0 Å². The molecular formula is C14H30Sn. The van der Waals surface area contributed by atoms with Crippen LogP contribution in [0.5, 0.6) is 0 Å². The molecule has 0 spiro atoms. The van der Waals surface area contributed by atoms with E-state index in [1.807, 2.05) is 0 Å². The van der Waals surface area contributed by atoms with Gasteiger partial charge < -0.3 is 0 Å². The number of rotatable bonds is 12. The van der Waals surface area contributed by atoms with Crippen molar-refractivity contribution in [2.24, 2.45) is 0 Å². The maximum absolute atomic E-state index is 2.30. The zero-order chi connectivity index (χ0) is 11.2. The van der Waals surface area contributed by atoms with Crippen LogP contribution >= 0.6 is 0 Å². The average molecular weight is 317 g/mol. The van der Waals surface area contributed by atoms with E-state index >= 15 is 0 Å². The van der Waals surface area contributed by atoms with Gasteiger partial charge in [-0.3, -0.25) is 0 Å². The summed E-state index contributed by atoms with van der Waals surface area (Å²) < 4.78 is 3.31. The molecule has 0 rings (SSSR count). The predicted molar refractivity (Wildman–Crippen MR) is 72.9 cm³/mol. The minimum absolute atomic E-state index is 0.0871. The standard InChI is InChI=1S/2C7H15.Sn/c2*1-3-5-7-6-4-2;/h2*1,3-7H2,2H3;. The first-order valence-corrected chi connectivity index (χ1v) is 11.2. The van der Waals surface area contributed by atoms with Crippen LogP contribution in [0.2, 0.25) is 8.87 Å². The van der Waals surface area contributed by atoms with Gasteiger partial charge >= 0.3 is 108 Å². The Labute approximate surface area is 108 Å². The van der Waals surface area contributed by atoms with Crippen molar-refractivity contribution in [2.75, 3.05) is 0 Å². The fraction of sp³-hybridized carbons (Fsp3) is 1.00. The van der Waals surface area contributed by atoms with E-state index in [0.29, 0.717) is 0 Å². The molecule has 0 aromatic carbocycles. The van der Waals surface area contributed by atoms with Gasteiger partial charge in [0.05, 0.1) is 0 Å². The van der Waals surface area contributed by atoms with Crippen LogP contribution in [-0.4, -0.2) is 21.1 Å². The van der Waals surface area contributed by atoms with Gasteiger partial charge in [0, 0.05) is 0 Å². The molecule has 0 atom stereocenters. The van der Waals surface area contributed by atoms with E-state index in [4.69, 9.17) is 0 Å². The molecule has 0 aliphatic carbocycles. The summed E-state index contributed by atoms with van der Waals surface area (Å²) in [5, 5.41) is 0. The summed E-state index contributed by atoms with van der Waals surface area (Å²) in [6.07, 6.45) is 14.8. The van der Waals surface area contributed by atoms with Crippen LogP contribution in [0.25, 0.3) is 0 Å². The van der Waals surface area contributed by atoms with Crippen molar-refractivity contribution < 1.29 is 0 Å². The van der Waals surface area contributed by atoms with Gasteiger partial charge in [0.1, 0.15) is 0 Å². The third kappa shape index (κ3) is 14.8. The number of unbranched alkanes of at least 4 members (excludes halogenated alkanes) is 8. The first-order valence-electron chi connectivity index (χ1n) is 7.12. The molecule has 0 amide bonds. The van der Waals surface area contributed by atoms with Gasteiger partial charge in [0.15, 0.2) is 0 Å². The van der Waals surface area contributed by atoms with E-state index in [1.165, 1.54) is 51.4 Å². The fourth-order valence-corrected chi connectivity index (χ4v) is 5.40. The fourth-order valence-electron chi connectivity index (χ4n) is 1.83. The van der Waals surface area contributed by atoms with Crippen LogP contribution in [0.1, 0.15) is 78.1 Å². The molecular weight excluding hydrogens is 287 g/mol. The minimum atomic E-state index is 0.0871. The predicted octanol–water partition coefficient (Wildman–Crippen LogP) is 5.47. The van der Waals surface area contributed by atoms with Crippen molar-refractivity contribution in [3.8, 4) is 0 Å². The maximum atomic E-state index is 2.30. The molecule has 0 nitrogen and oxygen atoms in total. The summed E-state index contributed by atoms with van der Waals surface area (Å²) in [6, 6.07) is 0. The summed E-state index contributed by atoms with van der Waals surface area (Å²) in [7, 11) is 0. The molecule has 0 unspecified atom stereocenters. The van der Waals surface area contributed by atoms with Crippen molar-refractivity contribution in [1.82, 2.24) is 0 Å². The average Bonchev–Trinajstić information content (AvgIpc) is 2.26. The van der Waals surface area contributed by atoms with E-state index in [1.54, 1.807) is 21.7 Å². The summed E-state index contributed by atoms with van der Waals surface area (Å²) in [5.41, 5.74) is 0. The zero-order valence-electron chi connectivity index (χ0n) is 11.0. The van der Waals surface area contributed by atoms with Crippen LogP contribution in [-0.2, 0) is 0 Å². The Morgan fingerprint density at radius 1 is 0.533 bits per heavy atom. The number of hydrogen-bond acceptors (Lipinski definition) is 0. The zero-order valence-corrected chi connectivity index (χ0v) is 13.8. The second kappa shape index (κ2) is 14.8. The quantitative estimate of drug-likeness (QED) is 0.331.